The van der Waals surface area contributed by atoms with Crippen molar-refractivity contribution in [3.8, 4) is 5.75 Å². The minimum atomic E-state index is -0.329. The van der Waals surface area contributed by atoms with Crippen LogP contribution in [0.3, 0.4) is 0 Å². The van der Waals surface area contributed by atoms with E-state index in [9.17, 15) is 9.59 Å². The van der Waals surface area contributed by atoms with Gasteiger partial charge in [-0.3, -0.25) is 4.79 Å². The Morgan fingerprint density at radius 1 is 1.10 bits per heavy atom. The number of hydrogen-bond acceptors (Lipinski definition) is 4. The molecule has 31 heavy (non-hydrogen) atoms. The Hall–Kier alpha value is -2.80. The van der Waals surface area contributed by atoms with E-state index in [-0.39, 0.29) is 29.9 Å². The molecule has 0 aromatic heterocycles. The minimum Gasteiger partial charge on any atom is -0.496 e. The molecule has 164 valence electrons. The Kier molecular flexibility index (Phi) is 8.12. The molecule has 1 unspecified atom stereocenters. The zero-order valence-corrected chi connectivity index (χ0v) is 18.8. The summed E-state index contributed by atoms with van der Waals surface area (Å²) in [7, 11) is 1.57. The van der Waals surface area contributed by atoms with Gasteiger partial charge >= 0.3 is 6.03 Å². The number of nitrogens with one attached hydrogen (secondary N) is 1. The highest BCUT2D eigenvalue weighted by Crippen LogP contribution is 2.37. The number of carbonyl (C=O) groups is 2. The van der Waals surface area contributed by atoms with E-state index in [0.717, 1.165) is 31.2 Å². The number of carbonyl (C=O) groups excluding carboxylic acids is 2. The predicted octanol–water partition coefficient (Wildman–Crippen LogP) is 4.90. The van der Waals surface area contributed by atoms with Gasteiger partial charge in [0.15, 0.2) is 0 Å². The fourth-order valence-electron chi connectivity index (χ4n) is 4.53. The van der Waals surface area contributed by atoms with Crippen molar-refractivity contribution in [3.05, 3.63) is 65.7 Å². The summed E-state index contributed by atoms with van der Waals surface area (Å²) in [5.41, 5.74) is 1.60. The van der Waals surface area contributed by atoms with E-state index >= 15 is 0 Å². The number of para-hydroxylation sites is 1. The van der Waals surface area contributed by atoms with Gasteiger partial charge in [0.25, 0.3) is 5.91 Å². The lowest BCUT2D eigenvalue weighted by Crippen LogP contribution is -2.43. The fraction of sp³-hybridized carbons (Fsp3) is 0.417. The van der Waals surface area contributed by atoms with Crippen LogP contribution in [0, 0.1) is 5.92 Å². The lowest BCUT2D eigenvalue weighted by atomic mass is 9.78. The van der Waals surface area contributed by atoms with E-state index in [0.29, 0.717) is 17.9 Å². The normalized spacial score (nSPS) is 19.2. The molecule has 0 saturated heterocycles. The first-order valence-electron chi connectivity index (χ1n) is 10.7. The molecule has 0 aliphatic heterocycles. The van der Waals surface area contributed by atoms with Crippen LogP contribution in [-0.4, -0.2) is 36.5 Å². The topological polar surface area (TPSA) is 71.0 Å². The van der Waals surface area contributed by atoms with Gasteiger partial charge in [-0.25, -0.2) is 4.79 Å². The molecule has 0 bridgehead atoms. The van der Waals surface area contributed by atoms with Crippen molar-refractivity contribution in [3.63, 3.8) is 0 Å². The first kappa shape index (κ1) is 22.9. The summed E-state index contributed by atoms with van der Waals surface area (Å²) in [6, 6.07) is 17.0. The molecular formula is C24H29N3O3S. The van der Waals surface area contributed by atoms with Gasteiger partial charge in [0, 0.05) is 25.0 Å². The second kappa shape index (κ2) is 11.0. The Morgan fingerprint density at radius 2 is 1.74 bits per heavy atom. The first-order chi connectivity index (χ1) is 15.1. The molecule has 2 aromatic carbocycles. The van der Waals surface area contributed by atoms with E-state index in [1.165, 1.54) is 0 Å². The molecule has 0 heterocycles. The number of benzene rings is 2. The molecular weight excluding hydrogens is 410 g/mol. The van der Waals surface area contributed by atoms with Crippen LogP contribution in [-0.2, 0) is 12.4 Å². The second-order valence-corrected chi connectivity index (χ2v) is 7.97. The third-order valence-corrected chi connectivity index (χ3v) is 6.27. The highest BCUT2D eigenvalue weighted by Gasteiger charge is 2.33. The van der Waals surface area contributed by atoms with E-state index in [4.69, 9.17) is 4.74 Å². The molecule has 1 saturated carbocycles. The molecule has 7 heteroatoms. The van der Waals surface area contributed by atoms with Gasteiger partial charge in [0.05, 0.1) is 18.7 Å². The highest BCUT2D eigenvalue weighted by molar-refractivity contribution is 7.47. The Balaban J connectivity index is 1.77. The van der Waals surface area contributed by atoms with E-state index in [2.05, 4.69) is 34.2 Å². The number of methoxy groups -OCH3 is 1. The fourth-order valence-corrected chi connectivity index (χ4v) is 4.64. The average Bonchev–Trinajstić information content (AvgIpc) is 2.83. The van der Waals surface area contributed by atoms with Gasteiger partial charge in [-0.2, -0.15) is 0 Å². The molecule has 1 atom stereocenters. The summed E-state index contributed by atoms with van der Waals surface area (Å²) < 4.78 is 8.80. The zero-order chi connectivity index (χ0) is 22.2. The summed E-state index contributed by atoms with van der Waals surface area (Å²) in [5.74, 6) is 0.676. The van der Waals surface area contributed by atoms with Gasteiger partial charge in [-0.15, -0.1) is 4.36 Å². The Morgan fingerprint density at radius 3 is 2.35 bits per heavy atom. The Bertz CT molecular complexity index is 898. The summed E-state index contributed by atoms with van der Waals surface area (Å²) >= 11 is 4.61. The van der Waals surface area contributed by atoms with Crippen molar-refractivity contribution in [1.29, 1.82) is 0 Å². The van der Waals surface area contributed by atoms with Crippen molar-refractivity contribution in [2.75, 3.05) is 13.7 Å². The highest BCUT2D eigenvalue weighted by atomic mass is 32.1. The number of nitrogens with zero attached hydrogens (tertiary/aromatic N) is 2. The monoisotopic (exact) mass is 439 g/mol. The van der Waals surface area contributed by atoms with E-state index in [1.54, 1.807) is 24.1 Å². The molecule has 3 rings (SSSR count). The third-order valence-electron chi connectivity index (χ3n) is 6.11. The van der Waals surface area contributed by atoms with Crippen LogP contribution in [0.5, 0.6) is 5.75 Å². The van der Waals surface area contributed by atoms with Gasteiger partial charge in [-0.1, -0.05) is 42.5 Å². The smallest absolute Gasteiger partial charge is 0.355 e. The lowest BCUT2D eigenvalue weighted by Gasteiger charge is -2.38. The van der Waals surface area contributed by atoms with Gasteiger partial charge < -0.3 is 15.0 Å². The van der Waals surface area contributed by atoms with Gasteiger partial charge in [-0.05, 0) is 56.2 Å². The quantitative estimate of drug-likeness (QED) is 0.666. The summed E-state index contributed by atoms with van der Waals surface area (Å²) in [5, 5.41) is 3.25. The lowest BCUT2D eigenvalue weighted by molar-refractivity contribution is 0.0896. The predicted molar refractivity (Wildman–Crippen MR) is 123 cm³/mol. The van der Waals surface area contributed by atoms with Crippen LogP contribution >= 0.6 is 0 Å². The molecule has 6 nitrogen and oxygen atoms in total. The molecule has 1 aliphatic rings. The average molecular weight is 440 g/mol. The van der Waals surface area contributed by atoms with E-state index < -0.39 is 0 Å². The second-order valence-electron chi connectivity index (χ2n) is 7.79. The van der Waals surface area contributed by atoms with Crippen molar-refractivity contribution in [2.45, 2.75) is 44.7 Å². The summed E-state index contributed by atoms with van der Waals surface area (Å²) in [6.07, 6.45) is 3.53. The van der Waals surface area contributed by atoms with Crippen molar-refractivity contribution in [2.24, 2.45) is 10.3 Å². The van der Waals surface area contributed by atoms with Crippen LogP contribution < -0.4 is 10.1 Å². The number of hydrogen-bond donors (Lipinski definition) is 1. The van der Waals surface area contributed by atoms with Crippen LogP contribution in [0.1, 0.15) is 54.6 Å². The van der Waals surface area contributed by atoms with E-state index in [1.807, 2.05) is 37.3 Å². The van der Waals surface area contributed by atoms with Crippen LogP contribution in [0.15, 0.2) is 59.0 Å². The number of ether oxygens (including phenoxy) is 1. The SMILES string of the molecule is CCN(C(=O)N=S)[C@H]1CC[C@H](C(NC(=O)c2ccccc2OC)c2ccccc2)CC1. The molecule has 2 aromatic rings. The summed E-state index contributed by atoms with van der Waals surface area (Å²) in [6.45, 7) is 2.55. The maximum Gasteiger partial charge on any atom is 0.355 e. The van der Waals surface area contributed by atoms with Crippen LogP contribution in [0.25, 0.3) is 0 Å². The molecule has 1 aliphatic carbocycles. The zero-order valence-electron chi connectivity index (χ0n) is 18.0. The number of urea groups is 1. The maximum absolute atomic E-state index is 13.1. The first-order valence-corrected chi connectivity index (χ1v) is 11.1. The van der Waals surface area contributed by atoms with Crippen molar-refractivity contribution >= 4 is 24.4 Å². The van der Waals surface area contributed by atoms with Gasteiger partial charge in [0.2, 0.25) is 0 Å². The van der Waals surface area contributed by atoms with Crippen LogP contribution in [0.4, 0.5) is 4.79 Å². The number of amides is 3. The van der Waals surface area contributed by atoms with Gasteiger partial charge in [0.1, 0.15) is 5.75 Å². The molecule has 0 radical (unpaired) electrons. The molecule has 3 amide bonds. The van der Waals surface area contributed by atoms with Crippen LogP contribution in [0.2, 0.25) is 0 Å². The number of rotatable bonds is 7. The molecule has 1 N–H and O–H groups in total. The van der Waals surface area contributed by atoms with Crippen molar-refractivity contribution < 1.29 is 14.3 Å². The molecule has 1 fully saturated rings. The summed E-state index contributed by atoms with van der Waals surface area (Å²) in [4.78, 5) is 26.9. The minimum absolute atomic E-state index is 0.117. The Labute approximate surface area is 189 Å². The van der Waals surface area contributed by atoms with Crippen molar-refractivity contribution in [1.82, 2.24) is 10.2 Å². The standard InChI is InChI=1S/C24H29N3O3S/c1-3-27(24(29)26-31)19-15-13-18(14-16-19)22(17-9-5-4-6-10-17)25-23(28)20-11-7-8-12-21(20)30-2/h4-12,18-19,22H,3,13-16H2,1-2H3,(H,25,28)/t18-,19-,22?. The molecule has 0 spiro atoms. The maximum atomic E-state index is 13.1. The largest absolute Gasteiger partial charge is 0.496 e. The third kappa shape index (κ3) is 5.47.